The first-order chi connectivity index (χ1) is 6.20. The summed E-state index contributed by atoms with van der Waals surface area (Å²) >= 11 is 0.306. The number of hydrogen-bond acceptors (Lipinski definition) is 4. The zero-order valence-corrected chi connectivity index (χ0v) is 10.3. The van der Waals surface area contributed by atoms with Gasteiger partial charge in [-0.2, -0.15) is 0 Å². The summed E-state index contributed by atoms with van der Waals surface area (Å²) in [7, 11) is 0. The summed E-state index contributed by atoms with van der Waals surface area (Å²) in [6.07, 6.45) is 0. The van der Waals surface area contributed by atoms with Crippen LogP contribution in [0.2, 0.25) is 0 Å². The third-order valence-corrected chi connectivity index (χ3v) is 0. The summed E-state index contributed by atoms with van der Waals surface area (Å²) in [5.74, 6) is -3.25. The van der Waals surface area contributed by atoms with Crippen LogP contribution < -0.4 is 0 Å². The Labute approximate surface area is 107 Å². The van der Waals surface area contributed by atoms with E-state index < -0.39 is 17.9 Å². The molecule has 0 aliphatic heterocycles. The van der Waals surface area contributed by atoms with E-state index in [4.69, 9.17) is 30.9 Å². The number of aliphatic carboxylic acids is 3. The maximum absolute atomic E-state index is 8.89. The molecule has 0 radical (unpaired) electrons. The topological polar surface area (TPSA) is 136 Å². The van der Waals surface area contributed by atoms with Gasteiger partial charge in [-0.1, -0.05) is 0 Å². The molecule has 0 rings (SSSR count). The van der Waals surface area contributed by atoms with Crippen LogP contribution in [-0.2, 0) is 14.4 Å². The number of rotatable bonds is 0. The average molecular weight is 335 g/mol. The van der Waals surface area contributed by atoms with Crippen LogP contribution in [0.25, 0.3) is 0 Å². The normalized spacial score (nSPS) is 5.50. The molecule has 0 unspecified atom stereocenters. The zero-order valence-electron chi connectivity index (χ0n) is 7.13. The van der Waals surface area contributed by atoms with Crippen LogP contribution in [0.5, 0.6) is 0 Å². The fourth-order valence-corrected chi connectivity index (χ4v) is 0. The van der Waals surface area contributed by atoms with Gasteiger partial charge in [0.1, 0.15) is 0 Å². The molecule has 81 valence electrons. The van der Waals surface area contributed by atoms with Gasteiger partial charge in [0, 0.05) is 0 Å². The quantitative estimate of drug-likeness (QED) is 0.518. The molecule has 3 N–H and O–H groups in total. The molecule has 0 spiro atoms. The molecule has 7 nitrogen and oxygen atoms in total. The number of hydrogen-bond donors (Lipinski definition) is 3. The maximum atomic E-state index is 8.89. The Kier molecular flexibility index (Phi) is 37.6. The Bertz CT molecular complexity index is 149. The van der Waals surface area contributed by atoms with Gasteiger partial charge in [0.25, 0.3) is 0 Å². The fraction of sp³-hybridized carbons (Fsp3) is 0. The van der Waals surface area contributed by atoms with Gasteiger partial charge in [-0.15, -0.1) is 0 Å². The van der Waals surface area contributed by atoms with E-state index in [2.05, 4.69) is 20.8 Å². The summed E-state index contributed by atoms with van der Waals surface area (Å²) in [6, 6.07) is 0. The number of carbonyl (C=O) groups is 3. The molecule has 8 heteroatoms. The SMILES string of the molecule is [CH2-]C(=O)O.[CH2-]C(=O)O.[CH2-]C(=O)O.[N]#[Nd]. The van der Waals surface area contributed by atoms with E-state index in [-0.39, 0.29) is 0 Å². The molecule has 0 amide bonds. The van der Waals surface area contributed by atoms with Crippen LogP contribution in [0.1, 0.15) is 0 Å². The van der Waals surface area contributed by atoms with Crippen molar-refractivity contribution in [1.82, 2.24) is 0 Å². The molecule has 0 bridgehead atoms. The van der Waals surface area contributed by atoms with E-state index in [1.54, 1.807) is 0 Å². The van der Waals surface area contributed by atoms with Gasteiger partial charge in [0.2, 0.25) is 0 Å². The Hall–Kier alpha value is -0.919. The van der Waals surface area contributed by atoms with Gasteiger partial charge >= 0.3 is 39.7 Å². The van der Waals surface area contributed by atoms with Crippen LogP contribution in [0, 0.1) is 60.5 Å². The number of nitrogens with zero attached hydrogens (tertiary/aromatic N) is 1. The van der Waals surface area contributed by atoms with Gasteiger partial charge < -0.3 is 15.3 Å². The van der Waals surface area contributed by atoms with E-state index in [0.717, 1.165) is 0 Å². The zero-order chi connectivity index (χ0) is 12.7. The molecule has 0 aromatic heterocycles. The van der Waals surface area contributed by atoms with Crippen LogP contribution >= 0.6 is 0 Å². The van der Waals surface area contributed by atoms with E-state index >= 15 is 0 Å². The Morgan fingerprint density at radius 2 is 0.786 bits per heavy atom. The summed E-state index contributed by atoms with van der Waals surface area (Å²) in [6.45, 7) is 7.67. The van der Waals surface area contributed by atoms with E-state index in [1.165, 1.54) is 0 Å². The molecule has 0 saturated heterocycles. The van der Waals surface area contributed by atoms with Crippen molar-refractivity contribution in [2.45, 2.75) is 0 Å². The van der Waals surface area contributed by atoms with Gasteiger partial charge in [-0.25, -0.2) is 0 Å². The van der Waals surface area contributed by atoms with Crippen molar-refractivity contribution in [2.24, 2.45) is 0 Å². The van der Waals surface area contributed by atoms with Crippen molar-refractivity contribution in [2.75, 3.05) is 0 Å². The molecule has 0 atom stereocenters. The van der Waals surface area contributed by atoms with Crippen molar-refractivity contribution >= 4 is 17.9 Å². The minimum atomic E-state index is -1.08. The fourth-order valence-electron chi connectivity index (χ4n) is 0. The van der Waals surface area contributed by atoms with Gasteiger partial charge in [-0.3, -0.25) is 35.2 Å². The molecule has 0 fully saturated rings. The van der Waals surface area contributed by atoms with Crippen molar-refractivity contribution < 1.29 is 68.2 Å². The Balaban J connectivity index is -0.0000000492. The molecule has 0 aromatic rings. The van der Waals surface area contributed by atoms with Crippen LogP contribution in [-0.4, -0.2) is 33.2 Å². The average Bonchev–Trinajstić information content (AvgIpc) is 1.86. The molecule has 0 heterocycles. The molecular weight excluding hydrogens is 326 g/mol. The van der Waals surface area contributed by atoms with Crippen molar-refractivity contribution in [3.05, 3.63) is 20.8 Å². The summed E-state index contributed by atoms with van der Waals surface area (Å²) in [5, 5.41) is 21.9. The first-order valence-electron chi connectivity index (χ1n) is 2.57. The molecule has 14 heavy (non-hydrogen) atoms. The van der Waals surface area contributed by atoms with Crippen LogP contribution in [0.4, 0.5) is 0 Å². The second-order valence-corrected chi connectivity index (χ2v) is 1.18. The minimum absolute atomic E-state index is 0.306. The molecule has 0 saturated carbocycles. The third-order valence-electron chi connectivity index (χ3n) is 0. The molecule has 0 aliphatic carbocycles. The summed E-state index contributed by atoms with van der Waals surface area (Å²) in [5.41, 5.74) is 0. The van der Waals surface area contributed by atoms with Gasteiger partial charge in [-0.05, 0) is 0 Å². The monoisotopic (exact) mass is 333 g/mol. The van der Waals surface area contributed by atoms with Crippen molar-refractivity contribution in [3.63, 3.8) is 0 Å². The third kappa shape index (κ3) is 1330. The van der Waals surface area contributed by atoms with E-state index in [1.807, 2.05) is 0 Å². The molecule has 0 aromatic carbocycles. The summed E-state index contributed by atoms with van der Waals surface area (Å²) in [4.78, 5) is 26.7. The van der Waals surface area contributed by atoms with Crippen molar-refractivity contribution in [3.8, 4) is 0 Å². The Morgan fingerprint density at radius 1 is 0.786 bits per heavy atom. The number of carboxylic acid groups (broad SMARTS) is 3. The Morgan fingerprint density at radius 3 is 0.786 bits per heavy atom. The standard InChI is InChI=1S/3C2H3O2.N.Nd/c3*1-2(3)4;;/h3*1H2,(H,3,4);;/q3*-1;;. The second-order valence-electron chi connectivity index (χ2n) is 1.18. The molecule has 0 aliphatic rings. The van der Waals surface area contributed by atoms with Crippen molar-refractivity contribution in [1.29, 1.82) is 1.21 Å². The first kappa shape index (κ1) is 23.2. The van der Waals surface area contributed by atoms with Gasteiger partial charge in [0.15, 0.2) is 17.9 Å². The number of carboxylic acids is 3. The van der Waals surface area contributed by atoms with E-state index in [0.29, 0.717) is 38.5 Å². The predicted molar refractivity (Wildman–Crippen MR) is 40.7 cm³/mol. The van der Waals surface area contributed by atoms with E-state index in [9.17, 15) is 0 Å². The molecular formula is C6H9NNdO6-3. The summed E-state index contributed by atoms with van der Waals surface area (Å²) < 4.78 is 7.14. The van der Waals surface area contributed by atoms with Gasteiger partial charge in [0.05, 0.1) is 0 Å². The first-order valence-corrected chi connectivity index (χ1v) is 4.00. The predicted octanol–water partition coefficient (Wildman–Crippen LogP) is -0.270. The second kappa shape index (κ2) is 22.7. The van der Waals surface area contributed by atoms with Crippen LogP contribution in [0.3, 0.4) is 0 Å². The van der Waals surface area contributed by atoms with Crippen LogP contribution in [0.15, 0.2) is 0 Å².